The van der Waals surface area contributed by atoms with E-state index in [0.29, 0.717) is 5.82 Å². The Labute approximate surface area is 131 Å². The van der Waals surface area contributed by atoms with Crippen molar-refractivity contribution in [3.05, 3.63) is 51.4 Å². The molecule has 1 aromatic carbocycles. The van der Waals surface area contributed by atoms with Crippen LogP contribution in [0.1, 0.15) is 27.2 Å². The van der Waals surface area contributed by atoms with E-state index in [0.717, 1.165) is 24.0 Å². The third-order valence-electron chi connectivity index (χ3n) is 3.62. The van der Waals surface area contributed by atoms with Gasteiger partial charge in [-0.25, -0.2) is 4.98 Å². The first-order valence-corrected chi connectivity index (χ1v) is 7.48. The molecule has 1 aromatic heterocycles. The Morgan fingerprint density at radius 2 is 2.19 bits per heavy atom. The summed E-state index contributed by atoms with van der Waals surface area (Å²) in [5.41, 5.74) is 9.30. The van der Waals surface area contributed by atoms with Gasteiger partial charge in [0.25, 0.3) is 5.91 Å². The molecule has 2 N–H and O–H groups in total. The Bertz CT molecular complexity index is 717. The fraction of sp³-hybridized carbons (Fsp3) is 0.267. The zero-order valence-electron chi connectivity index (χ0n) is 11.6. The van der Waals surface area contributed by atoms with E-state index < -0.39 is 5.91 Å². The number of aromatic nitrogens is 2. The van der Waals surface area contributed by atoms with E-state index in [4.69, 9.17) is 5.73 Å². The molecule has 1 aliphatic heterocycles. The molecule has 0 saturated carbocycles. The van der Waals surface area contributed by atoms with Crippen LogP contribution in [0, 0.1) is 6.92 Å². The predicted octanol–water partition coefficient (Wildman–Crippen LogP) is 2.21. The van der Waals surface area contributed by atoms with Gasteiger partial charge in [-0.1, -0.05) is 22.0 Å². The van der Waals surface area contributed by atoms with Gasteiger partial charge in [0.15, 0.2) is 0 Å². The van der Waals surface area contributed by atoms with Crippen LogP contribution in [0.15, 0.2) is 29.0 Å². The number of aryl methyl sites for hydroxylation is 1. The van der Waals surface area contributed by atoms with E-state index in [2.05, 4.69) is 49.9 Å². The van der Waals surface area contributed by atoms with Crippen LogP contribution in [0.3, 0.4) is 0 Å². The van der Waals surface area contributed by atoms with Crippen LogP contribution in [0.25, 0.3) is 0 Å². The third-order valence-corrected chi connectivity index (χ3v) is 4.33. The highest BCUT2D eigenvalue weighted by molar-refractivity contribution is 9.10. The summed E-state index contributed by atoms with van der Waals surface area (Å²) in [5, 5.41) is 0. The lowest BCUT2D eigenvalue weighted by atomic mass is 9.98. The Balaban J connectivity index is 1.93. The average molecular weight is 347 g/mol. The molecule has 0 saturated heterocycles. The van der Waals surface area contributed by atoms with Crippen molar-refractivity contribution in [3.63, 3.8) is 0 Å². The van der Waals surface area contributed by atoms with Crippen molar-refractivity contribution in [2.24, 2.45) is 5.73 Å². The summed E-state index contributed by atoms with van der Waals surface area (Å²) in [6, 6.07) is 4.33. The summed E-state index contributed by atoms with van der Waals surface area (Å²) in [6.07, 6.45) is 3.99. The first kappa shape index (κ1) is 14.0. The number of benzene rings is 1. The molecular weight excluding hydrogens is 332 g/mol. The number of amides is 1. The number of hydrogen-bond acceptors (Lipinski definition) is 4. The Morgan fingerprint density at radius 1 is 1.38 bits per heavy atom. The number of rotatable bonds is 2. The molecule has 3 rings (SSSR count). The Morgan fingerprint density at radius 3 is 2.95 bits per heavy atom. The van der Waals surface area contributed by atoms with Gasteiger partial charge < -0.3 is 10.6 Å². The third kappa shape index (κ3) is 2.76. The van der Waals surface area contributed by atoms with Gasteiger partial charge in [-0.15, -0.1) is 0 Å². The van der Waals surface area contributed by atoms with Crippen molar-refractivity contribution < 1.29 is 4.79 Å². The van der Waals surface area contributed by atoms with Gasteiger partial charge in [0.2, 0.25) is 0 Å². The molecule has 2 aromatic rings. The standard InChI is InChI=1S/C15H15BrN4O/c1-9-4-10-8-20(3-2-11(10)12(16)5-9)14-7-18-6-13(19-14)15(17)21/h4-7H,2-3,8H2,1H3,(H2,17,21). The molecule has 21 heavy (non-hydrogen) atoms. The number of nitrogens with zero attached hydrogens (tertiary/aromatic N) is 3. The van der Waals surface area contributed by atoms with Gasteiger partial charge in [0.1, 0.15) is 11.5 Å². The summed E-state index contributed by atoms with van der Waals surface area (Å²) < 4.78 is 1.16. The molecule has 6 heteroatoms. The molecule has 0 radical (unpaired) electrons. The molecule has 5 nitrogen and oxygen atoms in total. The number of anilines is 1. The minimum absolute atomic E-state index is 0.198. The van der Waals surface area contributed by atoms with Crippen LogP contribution >= 0.6 is 15.9 Å². The maximum Gasteiger partial charge on any atom is 0.268 e. The largest absolute Gasteiger partial charge is 0.364 e. The zero-order chi connectivity index (χ0) is 15.0. The highest BCUT2D eigenvalue weighted by Crippen LogP contribution is 2.29. The second-order valence-corrected chi connectivity index (χ2v) is 6.04. The monoisotopic (exact) mass is 346 g/mol. The van der Waals surface area contributed by atoms with Crippen LogP contribution < -0.4 is 10.6 Å². The molecule has 2 heterocycles. The van der Waals surface area contributed by atoms with Crippen LogP contribution in [0.5, 0.6) is 0 Å². The number of primary amides is 1. The fourth-order valence-corrected chi connectivity index (χ4v) is 3.43. The molecule has 1 amide bonds. The smallest absolute Gasteiger partial charge is 0.268 e. The molecule has 0 atom stereocenters. The number of halogens is 1. The molecule has 0 aliphatic carbocycles. The van der Waals surface area contributed by atoms with Crippen LogP contribution in [0.4, 0.5) is 5.82 Å². The number of nitrogens with two attached hydrogens (primary N) is 1. The maximum atomic E-state index is 11.2. The lowest BCUT2D eigenvalue weighted by molar-refractivity contribution is 0.0995. The minimum atomic E-state index is -0.555. The highest BCUT2D eigenvalue weighted by Gasteiger charge is 2.20. The van der Waals surface area contributed by atoms with Gasteiger partial charge in [-0.3, -0.25) is 9.78 Å². The SMILES string of the molecule is Cc1cc(Br)c2c(c1)CN(c1cncc(C(N)=O)n1)CC2. The maximum absolute atomic E-state index is 11.2. The normalized spacial score (nSPS) is 13.9. The molecule has 0 spiro atoms. The van der Waals surface area contributed by atoms with Gasteiger partial charge in [-0.05, 0) is 36.1 Å². The topological polar surface area (TPSA) is 72.1 Å². The minimum Gasteiger partial charge on any atom is -0.364 e. The van der Waals surface area contributed by atoms with Crippen LogP contribution in [0.2, 0.25) is 0 Å². The summed E-state index contributed by atoms with van der Waals surface area (Å²) in [4.78, 5) is 21.7. The van der Waals surface area contributed by atoms with Crippen LogP contribution in [-0.2, 0) is 13.0 Å². The van der Waals surface area contributed by atoms with Crippen molar-refractivity contribution in [2.75, 3.05) is 11.4 Å². The second kappa shape index (κ2) is 5.44. The summed E-state index contributed by atoms with van der Waals surface area (Å²) in [5.74, 6) is 0.134. The first-order chi connectivity index (χ1) is 10.0. The van der Waals surface area contributed by atoms with Gasteiger partial charge in [0.05, 0.1) is 12.4 Å². The molecule has 0 bridgehead atoms. The van der Waals surface area contributed by atoms with E-state index >= 15 is 0 Å². The van der Waals surface area contributed by atoms with Crippen molar-refractivity contribution >= 4 is 27.7 Å². The Kier molecular flexibility index (Phi) is 3.63. The van der Waals surface area contributed by atoms with Crippen molar-refractivity contribution in [2.45, 2.75) is 19.9 Å². The highest BCUT2D eigenvalue weighted by atomic mass is 79.9. The average Bonchev–Trinajstić information content (AvgIpc) is 2.46. The fourth-order valence-electron chi connectivity index (χ4n) is 2.62. The van der Waals surface area contributed by atoms with E-state index in [1.165, 1.54) is 22.9 Å². The zero-order valence-corrected chi connectivity index (χ0v) is 13.2. The van der Waals surface area contributed by atoms with Crippen molar-refractivity contribution in [1.29, 1.82) is 0 Å². The molecular formula is C15H15BrN4O. The van der Waals surface area contributed by atoms with Gasteiger partial charge in [0, 0.05) is 17.6 Å². The number of fused-ring (bicyclic) bond motifs is 1. The van der Waals surface area contributed by atoms with E-state index in [1.54, 1.807) is 6.20 Å². The van der Waals surface area contributed by atoms with Crippen molar-refractivity contribution in [3.8, 4) is 0 Å². The predicted molar refractivity (Wildman–Crippen MR) is 84.2 cm³/mol. The summed E-state index contributed by atoms with van der Waals surface area (Å²) >= 11 is 3.63. The quantitative estimate of drug-likeness (QED) is 0.904. The summed E-state index contributed by atoms with van der Waals surface area (Å²) in [6.45, 7) is 3.68. The van der Waals surface area contributed by atoms with E-state index in [1.807, 2.05) is 0 Å². The first-order valence-electron chi connectivity index (χ1n) is 6.69. The summed E-state index contributed by atoms with van der Waals surface area (Å²) in [7, 11) is 0. The number of carbonyl (C=O) groups excluding carboxylic acids is 1. The van der Waals surface area contributed by atoms with Gasteiger partial charge in [-0.2, -0.15) is 0 Å². The van der Waals surface area contributed by atoms with Gasteiger partial charge >= 0.3 is 0 Å². The van der Waals surface area contributed by atoms with Crippen molar-refractivity contribution in [1.82, 2.24) is 9.97 Å². The molecule has 0 unspecified atom stereocenters. The lowest BCUT2D eigenvalue weighted by Crippen LogP contribution is -2.32. The lowest BCUT2D eigenvalue weighted by Gasteiger charge is -2.30. The number of carbonyl (C=O) groups is 1. The van der Waals surface area contributed by atoms with Crippen LogP contribution in [-0.4, -0.2) is 22.4 Å². The Hall–Kier alpha value is -1.95. The molecule has 0 fully saturated rings. The molecule has 1 aliphatic rings. The van der Waals surface area contributed by atoms with E-state index in [9.17, 15) is 4.79 Å². The second-order valence-electron chi connectivity index (χ2n) is 5.18. The van der Waals surface area contributed by atoms with E-state index in [-0.39, 0.29) is 5.69 Å². The molecule has 108 valence electrons. The number of hydrogen-bond donors (Lipinski definition) is 1.